The van der Waals surface area contributed by atoms with Crippen LogP contribution in [0.25, 0.3) is 0 Å². The lowest BCUT2D eigenvalue weighted by atomic mass is 10.1. The van der Waals surface area contributed by atoms with E-state index in [0.717, 1.165) is 50.5 Å². The lowest BCUT2D eigenvalue weighted by molar-refractivity contribution is -0.699. The van der Waals surface area contributed by atoms with Crippen LogP contribution in [0.3, 0.4) is 0 Å². The molecule has 5 heteroatoms. The van der Waals surface area contributed by atoms with Gasteiger partial charge in [-0.05, 0) is 5.56 Å². The molecule has 4 rings (SSSR count). The van der Waals surface area contributed by atoms with Crippen molar-refractivity contribution in [3.05, 3.63) is 51.8 Å². The first kappa shape index (κ1) is 13.4. The summed E-state index contributed by atoms with van der Waals surface area (Å²) in [5.74, 6) is 1.03. The summed E-state index contributed by atoms with van der Waals surface area (Å²) in [6, 6.07) is 9.86. The molecule has 0 aliphatic carbocycles. The maximum Gasteiger partial charge on any atom is 0.365 e. The summed E-state index contributed by atoms with van der Waals surface area (Å²) >= 11 is 0. The van der Waals surface area contributed by atoms with Gasteiger partial charge < -0.3 is 5.11 Å². The Labute approximate surface area is 129 Å². The molecule has 22 heavy (non-hydrogen) atoms. The van der Waals surface area contributed by atoms with Crippen molar-refractivity contribution in [1.29, 1.82) is 0 Å². The van der Waals surface area contributed by atoms with E-state index in [-0.39, 0.29) is 11.4 Å². The van der Waals surface area contributed by atoms with Gasteiger partial charge in [0.1, 0.15) is 5.56 Å². The van der Waals surface area contributed by atoms with Crippen LogP contribution in [0.15, 0.2) is 35.1 Å². The molecule has 2 aliphatic heterocycles. The molecule has 0 bridgehead atoms. The monoisotopic (exact) mass is 298 g/mol. The summed E-state index contributed by atoms with van der Waals surface area (Å²) < 4.78 is 3.77. The summed E-state index contributed by atoms with van der Waals surface area (Å²) in [6.07, 6.45) is 2.47. The zero-order chi connectivity index (χ0) is 15.1. The van der Waals surface area contributed by atoms with Crippen molar-refractivity contribution in [2.45, 2.75) is 32.4 Å². The highest BCUT2D eigenvalue weighted by atomic mass is 16.3. The third kappa shape index (κ3) is 2.00. The predicted octanol–water partition coefficient (Wildman–Crippen LogP) is 1.05. The molecule has 3 heterocycles. The maximum atomic E-state index is 12.8. The molecule has 0 radical (unpaired) electrons. The van der Waals surface area contributed by atoms with Crippen molar-refractivity contribution in [1.82, 2.24) is 4.57 Å². The fourth-order valence-electron chi connectivity index (χ4n) is 3.61. The first-order valence-electron chi connectivity index (χ1n) is 7.93. The Hall–Kier alpha value is -2.30. The average molecular weight is 298 g/mol. The van der Waals surface area contributed by atoms with Crippen molar-refractivity contribution in [2.75, 3.05) is 18.0 Å². The number of nitrogens with zero attached hydrogens (tertiary/aromatic N) is 3. The summed E-state index contributed by atoms with van der Waals surface area (Å²) in [5.41, 5.74) is 1.52. The van der Waals surface area contributed by atoms with E-state index in [1.54, 1.807) is 0 Å². The van der Waals surface area contributed by atoms with E-state index in [9.17, 15) is 9.90 Å². The topological polar surface area (TPSA) is 49.4 Å². The van der Waals surface area contributed by atoms with E-state index in [1.807, 2.05) is 39.5 Å². The van der Waals surface area contributed by atoms with Crippen LogP contribution in [0.2, 0.25) is 0 Å². The van der Waals surface area contributed by atoms with Gasteiger partial charge in [0, 0.05) is 19.3 Å². The standard InChI is InChI=1S/C17H19N3O2/c21-15-14(12-13-6-2-1-3-7-13)16(22)20-11-5-9-18-8-4-10-19(15)17(18)20/h1-3,6-7H,4-5,8-12H2/p+1. The second-order valence-corrected chi connectivity index (χ2v) is 6.07. The molecule has 2 aromatic rings. The Morgan fingerprint density at radius 1 is 1.09 bits per heavy atom. The molecule has 2 aliphatic rings. The minimum atomic E-state index is -0.0424. The van der Waals surface area contributed by atoms with Gasteiger partial charge >= 0.3 is 11.5 Å². The van der Waals surface area contributed by atoms with Crippen molar-refractivity contribution < 1.29 is 9.67 Å². The Morgan fingerprint density at radius 3 is 2.68 bits per heavy atom. The normalized spacial score (nSPS) is 16.5. The van der Waals surface area contributed by atoms with Gasteiger partial charge in [0.05, 0.1) is 26.2 Å². The Morgan fingerprint density at radius 2 is 1.86 bits per heavy atom. The van der Waals surface area contributed by atoms with E-state index in [4.69, 9.17) is 0 Å². The van der Waals surface area contributed by atoms with Crippen LogP contribution in [0.4, 0.5) is 5.95 Å². The van der Waals surface area contributed by atoms with Gasteiger partial charge in [-0.1, -0.05) is 30.3 Å². The first-order chi connectivity index (χ1) is 10.8. The van der Waals surface area contributed by atoms with Crippen molar-refractivity contribution >= 4 is 5.95 Å². The first-order valence-corrected chi connectivity index (χ1v) is 7.93. The van der Waals surface area contributed by atoms with Gasteiger partial charge in [-0.3, -0.25) is 9.69 Å². The number of hydrogen-bond acceptors (Lipinski definition) is 3. The third-order valence-electron chi connectivity index (χ3n) is 4.64. The Kier molecular flexibility index (Phi) is 3.13. The van der Waals surface area contributed by atoms with Gasteiger partial charge in [-0.25, -0.2) is 4.57 Å². The molecule has 5 nitrogen and oxygen atoms in total. The van der Waals surface area contributed by atoms with Crippen LogP contribution >= 0.6 is 0 Å². The molecule has 0 saturated heterocycles. The Balaban J connectivity index is 1.88. The molecule has 0 saturated carbocycles. The second-order valence-electron chi connectivity index (χ2n) is 6.07. The molecular formula is C17H20N3O2+. The number of hydrogen-bond donors (Lipinski definition) is 1. The van der Waals surface area contributed by atoms with E-state index < -0.39 is 0 Å². The molecule has 0 atom stereocenters. The van der Waals surface area contributed by atoms with Gasteiger partial charge in [-0.15, -0.1) is 0 Å². The predicted molar refractivity (Wildman–Crippen MR) is 83.3 cm³/mol. The van der Waals surface area contributed by atoms with Crippen molar-refractivity contribution in [3.8, 4) is 5.88 Å². The largest absolute Gasteiger partial charge is 0.483 e. The lowest BCUT2D eigenvalue weighted by Crippen LogP contribution is -2.56. The lowest BCUT2D eigenvalue weighted by Gasteiger charge is -2.31. The van der Waals surface area contributed by atoms with Gasteiger partial charge in [-0.2, -0.15) is 4.57 Å². The smallest absolute Gasteiger partial charge is 0.365 e. The van der Waals surface area contributed by atoms with E-state index >= 15 is 0 Å². The van der Waals surface area contributed by atoms with E-state index in [1.165, 1.54) is 0 Å². The van der Waals surface area contributed by atoms with E-state index in [2.05, 4.69) is 4.90 Å². The maximum absolute atomic E-state index is 12.8. The van der Waals surface area contributed by atoms with Gasteiger partial charge in [0.2, 0.25) is 0 Å². The van der Waals surface area contributed by atoms with Crippen molar-refractivity contribution in [3.63, 3.8) is 0 Å². The highest BCUT2D eigenvalue weighted by Gasteiger charge is 2.36. The Bertz CT molecular complexity index is 766. The second kappa shape index (κ2) is 5.16. The van der Waals surface area contributed by atoms with Gasteiger partial charge in [0.25, 0.3) is 5.88 Å². The van der Waals surface area contributed by atoms with Crippen LogP contribution in [-0.2, 0) is 19.5 Å². The van der Waals surface area contributed by atoms with Crippen molar-refractivity contribution in [2.24, 2.45) is 0 Å². The molecular weight excluding hydrogens is 278 g/mol. The number of aromatic hydroxyl groups is 1. The molecule has 114 valence electrons. The number of anilines is 1. The summed E-state index contributed by atoms with van der Waals surface area (Å²) in [4.78, 5) is 15.1. The molecule has 1 aromatic heterocycles. The van der Waals surface area contributed by atoms with E-state index in [0.29, 0.717) is 12.0 Å². The van der Waals surface area contributed by atoms with Crippen LogP contribution in [0.1, 0.15) is 24.0 Å². The fourth-order valence-corrected chi connectivity index (χ4v) is 3.61. The summed E-state index contributed by atoms with van der Waals surface area (Å²) in [7, 11) is 0. The van der Waals surface area contributed by atoms with Crippen LogP contribution in [0, 0.1) is 0 Å². The molecule has 0 spiro atoms. The number of rotatable bonds is 2. The number of benzene rings is 1. The van der Waals surface area contributed by atoms with Crippen LogP contribution in [-0.4, -0.2) is 22.8 Å². The molecule has 0 fully saturated rings. The summed E-state index contributed by atoms with van der Waals surface area (Å²) in [5, 5.41) is 10.7. The SMILES string of the molecule is O=c1c(Cc2ccccc2)c(O)[n+]2c3n1CCCN3CCC2. The molecule has 1 N–H and O–H groups in total. The highest BCUT2D eigenvalue weighted by Crippen LogP contribution is 2.23. The minimum Gasteiger partial charge on any atom is -0.483 e. The summed E-state index contributed by atoms with van der Waals surface area (Å²) in [6.45, 7) is 3.46. The molecule has 0 amide bonds. The third-order valence-corrected chi connectivity index (χ3v) is 4.64. The highest BCUT2D eigenvalue weighted by molar-refractivity contribution is 5.35. The fraction of sp³-hybridized carbons (Fsp3) is 0.412. The average Bonchev–Trinajstić information content (AvgIpc) is 2.57. The van der Waals surface area contributed by atoms with Crippen LogP contribution in [0.5, 0.6) is 5.88 Å². The number of aromatic nitrogens is 2. The zero-order valence-corrected chi connectivity index (χ0v) is 12.5. The molecule has 1 aromatic carbocycles. The quantitative estimate of drug-likeness (QED) is 0.843. The van der Waals surface area contributed by atoms with Crippen LogP contribution < -0.4 is 15.0 Å². The zero-order valence-electron chi connectivity index (χ0n) is 12.5. The minimum absolute atomic E-state index is 0.0424. The van der Waals surface area contributed by atoms with Gasteiger partial charge in [0.15, 0.2) is 0 Å². The molecule has 0 unspecified atom stereocenters.